The highest BCUT2D eigenvalue weighted by molar-refractivity contribution is 6.35. The molecule has 100 valence electrons. The molecular weight excluding hydrogens is 275 g/mol. The number of amides is 1. The molecule has 1 unspecified atom stereocenters. The van der Waals surface area contributed by atoms with Gasteiger partial charge in [-0.25, -0.2) is 0 Å². The minimum absolute atomic E-state index is 0.175. The van der Waals surface area contributed by atoms with Crippen LogP contribution in [0, 0.1) is 5.92 Å². The molecule has 0 aliphatic rings. The molecule has 0 aliphatic heterocycles. The molecule has 6 heteroatoms. The van der Waals surface area contributed by atoms with Gasteiger partial charge in [-0.1, -0.05) is 30.1 Å². The Morgan fingerprint density at radius 2 is 2.11 bits per heavy atom. The summed E-state index contributed by atoms with van der Waals surface area (Å²) in [6, 6.07) is 3.35. The van der Waals surface area contributed by atoms with Crippen LogP contribution < -0.4 is 16.2 Å². The maximum absolute atomic E-state index is 10.9. The van der Waals surface area contributed by atoms with E-state index in [9.17, 15) is 4.79 Å². The van der Waals surface area contributed by atoms with Gasteiger partial charge in [-0.3, -0.25) is 4.79 Å². The first-order chi connectivity index (χ1) is 8.45. The molecule has 4 nitrogen and oxygen atoms in total. The zero-order chi connectivity index (χ0) is 13.7. The van der Waals surface area contributed by atoms with Crippen molar-refractivity contribution in [3.63, 3.8) is 0 Å². The summed E-state index contributed by atoms with van der Waals surface area (Å²) in [5, 5.41) is 0.932. The lowest BCUT2D eigenvalue weighted by Gasteiger charge is -2.15. The maximum atomic E-state index is 10.9. The molecule has 4 N–H and O–H groups in total. The smallest absolute Gasteiger partial charge is 0.223 e. The van der Waals surface area contributed by atoms with E-state index in [2.05, 4.69) is 0 Å². The standard InChI is InChI=1S/C12H16Cl2N2O2/c1-7(12(16)17)6-18-11-8(2-3-15)4-9(13)5-10(11)14/h4-5,7H,2-3,6,15H2,1H3,(H2,16,17). The van der Waals surface area contributed by atoms with Gasteiger partial charge in [-0.05, 0) is 30.7 Å². The summed E-state index contributed by atoms with van der Waals surface area (Å²) in [7, 11) is 0. The number of halogens is 2. The van der Waals surface area contributed by atoms with E-state index in [4.69, 9.17) is 39.4 Å². The second kappa shape index (κ2) is 6.83. The number of hydrogen-bond donors (Lipinski definition) is 2. The number of benzene rings is 1. The third-order valence-corrected chi connectivity index (χ3v) is 2.96. The van der Waals surface area contributed by atoms with E-state index >= 15 is 0 Å². The van der Waals surface area contributed by atoms with Crippen LogP contribution in [0.2, 0.25) is 10.0 Å². The summed E-state index contributed by atoms with van der Waals surface area (Å²) in [6.07, 6.45) is 0.598. The van der Waals surface area contributed by atoms with Crippen LogP contribution in [0.4, 0.5) is 0 Å². The van der Waals surface area contributed by atoms with Crippen LogP contribution in [-0.2, 0) is 11.2 Å². The Labute approximate surface area is 116 Å². The number of ether oxygens (including phenoxy) is 1. The predicted molar refractivity (Wildman–Crippen MR) is 73.1 cm³/mol. The van der Waals surface area contributed by atoms with E-state index < -0.39 is 5.91 Å². The van der Waals surface area contributed by atoms with Crippen LogP contribution >= 0.6 is 23.2 Å². The van der Waals surface area contributed by atoms with Crippen molar-refractivity contribution in [2.45, 2.75) is 13.3 Å². The highest BCUT2D eigenvalue weighted by Crippen LogP contribution is 2.33. The summed E-state index contributed by atoms with van der Waals surface area (Å²) >= 11 is 12.0. The highest BCUT2D eigenvalue weighted by Gasteiger charge is 2.14. The summed E-state index contributed by atoms with van der Waals surface area (Å²) in [4.78, 5) is 10.9. The van der Waals surface area contributed by atoms with Gasteiger partial charge < -0.3 is 16.2 Å². The number of carbonyl (C=O) groups is 1. The molecule has 0 saturated heterocycles. The van der Waals surface area contributed by atoms with Crippen molar-refractivity contribution >= 4 is 29.1 Å². The molecule has 0 spiro atoms. The van der Waals surface area contributed by atoms with Crippen LogP contribution in [0.15, 0.2) is 12.1 Å². The predicted octanol–water partition coefficient (Wildman–Crippen LogP) is 1.99. The van der Waals surface area contributed by atoms with Crippen molar-refractivity contribution < 1.29 is 9.53 Å². The monoisotopic (exact) mass is 290 g/mol. The molecule has 0 radical (unpaired) electrons. The molecule has 0 aliphatic carbocycles. The van der Waals surface area contributed by atoms with E-state index in [-0.39, 0.29) is 12.5 Å². The van der Waals surface area contributed by atoms with Crippen LogP contribution in [0.25, 0.3) is 0 Å². The molecule has 1 aromatic carbocycles. The molecule has 0 bridgehead atoms. The molecular formula is C12H16Cl2N2O2. The summed E-state index contributed by atoms with van der Waals surface area (Å²) in [5.41, 5.74) is 11.5. The zero-order valence-electron chi connectivity index (χ0n) is 10.1. The Hall–Kier alpha value is -0.970. The van der Waals surface area contributed by atoms with Crippen molar-refractivity contribution in [2.75, 3.05) is 13.2 Å². The van der Waals surface area contributed by atoms with Crippen molar-refractivity contribution in [3.05, 3.63) is 27.7 Å². The first-order valence-electron chi connectivity index (χ1n) is 5.55. The maximum Gasteiger partial charge on any atom is 0.223 e. The minimum atomic E-state index is -0.416. The van der Waals surface area contributed by atoms with Gasteiger partial charge in [0.2, 0.25) is 5.91 Å². The van der Waals surface area contributed by atoms with Gasteiger partial charge >= 0.3 is 0 Å². The Bertz CT molecular complexity index is 438. The Kier molecular flexibility index (Phi) is 5.72. The zero-order valence-corrected chi connectivity index (χ0v) is 11.6. The first kappa shape index (κ1) is 15.1. The largest absolute Gasteiger partial charge is 0.491 e. The van der Waals surface area contributed by atoms with E-state index in [1.807, 2.05) is 0 Å². The number of carbonyl (C=O) groups excluding carboxylic acids is 1. The fourth-order valence-corrected chi connectivity index (χ4v) is 2.00. The fraction of sp³-hybridized carbons (Fsp3) is 0.417. The second-order valence-corrected chi connectivity index (χ2v) is 4.87. The SMILES string of the molecule is CC(COc1c(Cl)cc(Cl)cc1CCN)C(N)=O. The number of hydrogen-bond acceptors (Lipinski definition) is 3. The third kappa shape index (κ3) is 4.05. The number of primary amides is 1. The molecule has 1 atom stereocenters. The highest BCUT2D eigenvalue weighted by atomic mass is 35.5. The lowest BCUT2D eigenvalue weighted by atomic mass is 10.1. The lowest BCUT2D eigenvalue weighted by molar-refractivity contribution is -0.122. The Morgan fingerprint density at radius 1 is 1.44 bits per heavy atom. The Morgan fingerprint density at radius 3 is 2.67 bits per heavy atom. The molecule has 0 heterocycles. The first-order valence-corrected chi connectivity index (χ1v) is 6.31. The number of nitrogens with two attached hydrogens (primary N) is 2. The van der Waals surface area contributed by atoms with E-state index in [1.54, 1.807) is 19.1 Å². The lowest BCUT2D eigenvalue weighted by Crippen LogP contribution is -2.26. The summed E-state index contributed by atoms with van der Waals surface area (Å²) in [6.45, 7) is 2.32. The van der Waals surface area contributed by atoms with Gasteiger partial charge in [-0.2, -0.15) is 0 Å². The quantitative estimate of drug-likeness (QED) is 0.841. The van der Waals surface area contributed by atoms with Crippen LogP contribution in [0.3, 0.4) is 0 Å². The minimum Gasteiger partial charge on any atom is -0.491 e. The van der Waals surface area contributed by atoms with E-state index in [0.717, 1.165) is 5.56 Å². The molecule has 1 rings (SSSR count). The van der Waals surface area contributed by atoms with Gasteiger partial charge in [0.05, 0.1) is 17.5 Å². The van der Waals surface area contributed by atoms with Gasteiger partial charge in [0, 0.05) is 5.02 Å². The molecule has 1 amide bonds. The van der Waals surface area contributed by atoms with Crippen molar-refractivity contribution in [1.29, 1.82) is 0 Å². The van der Waals surface area contributed by atoms with Crippen LogP contribution in [0.1, 0.15) is 12.5 Å². The van der Waals surface area contributed by atoms with E-state index in [1.165, 1.54) is 0 Å². The summed E-state index contributed by atoms with van der Waals surface area (Å²) < 4.78 is 5.55. The van der Waals surface area contributed by atoms with Crippen molar-refractivity contribution in [3.8, 4) is 5.75 Å². The fourth-order valence-electron chi connectivity index (χ4n) is 1.41. The molecule has 1 aromatic rings. The van der Waals surface area contributed by atoms with Crippen LogP contribution in [-0.4, -0.2) is 19.1 Å². The van der Waals surface area contributed by atoms with Gasteiger partial charge in [-0.15, -0.1) is 0 Å². The van der Waals surface area contributed by atoms with Crippen molar-refractivity contribution in [2.24, 2.45) is 17.4 Å². The van der Waals surface area contributed by atoms with E-state index in [0.29, 0.717) is 28.8 Å². The summed E-state index contributed by atoms with van der Waals surface area (Å²) in [5.74, 6) is -0.289. The molecule has 18 heavy (non-hydrogen) atoms. The molecule has 0 fully saturated rings. The van der Waals surface area contributed by atoms with Crippen LogP contribution in [0.5, 0.6) is 5.75 Å². The van der Waals surface area contributed by atoms with Gasteiger partial charge in [0.15, 0.2) is 0 Å². The van der Waals surface area contributed by atoms with Gasteiger partial charge in [0.1, 0.15) is 5.75 Å². The molecule has 0 saturated carbocycles. The normalized spacial score (nSPS) is 12.2. The van der Waals surface area contributed by atoms with Gasteiger partial charge in [0.25, 0.3) is 0 Å². The molecule has 0 aromatic heterocycles. The third-order valence-electron chi connectivity index (χ3n) is 2.46. The Balaban J connectivity index is 2.89. The van der Waals surface area contributed by atoms with Crippen molar-refractivity contribution in [1.82, 2.24) is 0 Å². The average molecular weight is 291 g/mol. The second-order valence-electron chi connectivity index (χ2n) is 4.03. The average Bonchev–Trinajstić information content (AvgIpc) is 2.27. The topological polar surface area (TPSA) is 78.3 Å². The number of rotatable bonds is 6.